The predicted octanol–water partition coefficient (Wildman–Crippen LogP) is 7.55. The first-order chi connectivity index (χ1) is 61.9. The third-order valence-corrected chi connectivity index (χ3v) is 23.3. The number of nitrogens with zero attached hydrogens (tertiary/aromatic N) is 15. The summed E-state index contributed by atoms with van der Waals surface area (Å²) < 4.78 is 53.5. The molecule has 6 aromatic heterocycles. The number of pyridine rings is 2. The molecule has 35 nitrogen and oxygen atoms in total. The fourth-order valence-electron chi connectivity index (χ4n) is 17.0. The molecule has 6 fully saturated rings. The average Bonchev–Trinajstić information content (AvgIpc) is 1.62. The lowest BCUT2D eigenvalue weighted by molar-refractivity contribution is -0.139. The van der Waals surface area contributed by atoms with E-state index in [-0.39, 0.29) is 104 Å². The molecule has 127 heavy (non-hydrogen) atoms. The number of piperidine rings is 2. The number of carbonyl (C=O) groups is 10. The third kappa shape index (κ3) is 20.2. The number of halogens is 2. The van der Waals surface area contributed by atoms with Crippen molar-refractivity contribution in [3.8, 4) is 22.8 Å². The Bertz CT molecular complexity index is 5780. The molecule has 18 rings (SSSR count). The molecule has 14 heterocycles. The van der Waals surface area contributed by atoms with E-state index in [1.165, 1.54) is 18.2 Å². The molecule has 6 N–H and O–H groups in total. The summed E-state index contributed by atoms with van der Waals surface area (Å²) in [5.41, 5.74) is 8.72. The van der Waals surface area contributed by atoms with Gasteiger partial charge in [-0.3, -0.25) is 68.4 Å². The van der Waals surface area contributed by atoms with Crippen molar-refractivity contribution in [3.63, 3.8) is 0 Å². The fraction of sp³-hybridized carbons (Fsp3) is 0.378. The summed E-state index contributed by atoms with van der Waals surface area (Å²) in [6.45, 7) is 11.2. The number of hydrogen-bond acceptors (Lipinski definition) is 27. The molecule has 0 spiro atoms. The normalized spacial score (nSPS) is 18.8. The van der Waals surface area contributed by atoms with Gasteiger partial charge in [-0.2, -0.15) is 0 Å². The van der Waals surface area contributed by atoms with Crippen LogP contribution in [0.25, 0.3) is 34.1 Å². The van der Waals surface area contributed by atoms with E-state index in [0.717, 1.165) is 138 Å². The quantitative estimate of drug-likeness (QED) is 0.0187. The Morgan fingerprint density at radius 1 is 0.441 bits per heavy atom. The van der Waals surface area contributed by atoms with E-state index in [4.69, 9.17) is 44.2 Å². The Hall–Kier alpha value is -13.6. The minimum atomic E-state index is -1.01. The van der Waals surface area contributed by atoms with E-state index in [1.54, 1.807) is 60.8 Å². The summed E-state index contributed by atoms with van der Waals surface area (Å²) in [4.78, 5) is 154. The van der Waals surface area contributed by atoms with E-state index in [9.17, 15) is 56.7 Å². The molecule has 9 amide bonds. The molecular weight excluding hydrogens is 1640 g/mol. The van der Waals surface area contributed by atoms with E-state index < -0.39 is 65.3 Å². The number of imide groups is 4. The summed E-state index contributed by atoms with van der Waals surface area (Å²) in [5, 5.41) is 32.4. The van der Waals surface area contributed by atoms with Gasteiger partial charge in [0.1, 0.15) is 58.4 Å². The van der Waals surface area contributed by atoms with Crippen LogP contribution in [0.4, 0.5) is 43.4 Å². The maximum atomic E-state index is 14.1. The van der Waals surface area contributed by atoms with E-state index in [0.29, 0.717) is 95.9 Å². The summed E-state index contributed by atoms with van der Waals surface area (Å²) in [5.74, 6) is -2.23. The highest BCUT2D eigenvalue weighted by molar-refractivity contribution is 6.25. The van der Waals surface area contributed by atoms with Crippen LogP contribution in [0.15, 0.2) is 158 Å². The molecule has 0 aliphatic carbocycles. The number of imidazole rings is 2. The second-order valence-electron chi connectivity index (χ2n) is 31.5. The van der Waals surface area contributed by atoms with Crippen molar-refractivity contribution in [2.24, 2.45) is 0 Å². The van der Waals surface area contributed by atoms with Crippen molar-refractivity contribution in [1.29, 1.82) is 0 Å². The highest BCUT2D eigenvalue weighted by atomic mass is 19.1. The number of aliphatic carboxylic acids is 1. The van der Waals surface area contributed by atoms with Gasteiger partial charge >= 0.3 is 5.97 Å². The Morgan fingerprint density at radius 3 is 1.34 bits per heavy atom. The SMILES string of the molecule is Fc1cccc([C@H]2CCCN2c2ccc3ncc(-c4cccc(N5CCNCC5)n4)n3n2)c1.O=C(O)CCOCCOCCNc1ccc2c(c1)C(=O)N(C1CCC(=O)NC1=O)C2=O.O=C1CCC(N2C(=O)c3ccc(NCCOCCOCCC(=O)N4CCN(c5cccc(-c6cnc7ccc(N8CCC[C@@H]8c8cccc(F)c8)nn67)n5)CC4)cc3C2=O)C(=O)N1. The van der Waals surface area contributed by atoms with Crippen molar-refractivity contribution in [3.05, 3.63) is 203 Å². The number of nitrogens with one attached hydrogen (secondary N) is 5. The number of carboxylic acid groups (broad SMARTS) is 1. The zero-order valence-electron chi connectivity index (χ0n) is 69.7. The van der Waals surface area contributed by atoms with E-state index in [1.807, 2.05) is 86.9 Å². The van der Waals surface area contributed by atoms with E-state index in [2.05, 4.69) is 62.2 Å². The number of carbonyl (C=O) groups excluding carboxylic acids is 9. The molecule has 0 radical (unpaired) electrons. The number of amides is 9. The fourth-order valence-corrected chi connectivity index (χ4v) is 17.0. The van der Waals surface area contributed by atoms with Crippen LogP contribution in [0.1, 0.15) is 129 Å². The largest absolute Gasteiger partial charge is 0.481 e. The third-order valence-electron chi connectivity index (χ3n) is 23.3. The number of piperazine rings is 2. The number of rotatable bonds is 30. The smallest absolute Gasteiger partial charge is 0.305 e. The molecular formula is C90H96F2N20O15. The van der Waals surface area contributed by atoms with Crippen LogP contribution in [-0.4, -0.2) is 262 Å². The number of ether oxygens (including phenoxy) is 4. The zero-order valence-corrected chi connectivity index (χ0v) is 69.7. The number of carboxylic acids is 1. The Labute approximate surface area is 728 Å². The van der Waals surface area contributed by atoms with Gasteiger partial charge in [0, 0.05) is 103 Å². The van der Waals surface area contributed by atoms with Crippen LogP contribution < -0.4 is 46.2 Å². The number of hydrogen-bond donors (Lipinski definition) is 6. The van der Waals surface area contributed by atoms with Crippen LogP contribution in [0, 0.1) is 11.6 Å². The molecule has 660 valence electrons. The van der Waals surface area contributed by atoms with Crippen LogP contribution >= 0.6 is 0 Å². The molecule has 8 aliphatic heterocycles. The van der Waals surface area contributed by atoms with Crippen molar-refractivity contribution < 1.29 is 80.8 Å². The molecule has 8 aliphatic rings. The molecule has 37 heteroatoms. The topological polar surface area (TPSA) is 397 Å². The van der Waals surface area contributed by atoms with Crippen molar-refractivity contribution >= 4 is 105 Å². The molecule has 2 unspecified atom stereocenters. The van der Waals surface area contributed by atoms with Crippen molar-refractivity contribution in [2.45, 2.75) is 88.4 Å². The Balaban J connectivity index is 0.000000155. The molecule has 4 aromatic carbocycles. The summed E-state index contributed by atoms with van der Waals surface area (Å²) >= 11 is 0. The van der Waals surface area contributed by atoms with Crippen molar-refractivity contribution in [1.82, 2.24) is 69.8 Å². The first kappa shape index (κ1) is 86.9. The van der Waals surface area contributed by atoms with Gasteiger partial charge in [0.25, 0.3) is 23.6 Å². The molecule has 6 saturated heterocycles. The lowest BCUT2D eigenvalue weighted by Crippen LogP contribution is -2.54. The standard InChI is InChI=1S/C45H47FN10O7.C25H26FN7.C20H23N3O8/c46-30-5-1-4-29(26-30)35-7-3-17-54(35)40-13-12-38-48-28-37(56(38)51-40)34-6-2-8-39(49-34)52-18-20-53(21-19-52)42(58)15-22-62-24-25-63-23-16-47-31-9-10-32-33(27-31)45(61)55(44(32)60)36-11-14-41(57)50-43(36)59;26-19-5-1-4-18(16-19)21-7-3-13-32(21)25-10-9-23-28-17-22(33(23)30-25)20-6-2-8-24(29-20)31-14-11-27-12-15-31;24-16-4-3-15(18(27)22-16)23-19(28)13-2-1-12(11-14(13)20(23)29)21-6-8-31-10-9-30-7-5-17(25)26/h1-2,4-6,8-10,12-13,26-28,35-36,47H,3,7,11,14-25H2,(H,50,57,59);1-2,4-6,8-10,16-17,21,27H,3,7,11-15H2;1-2,11,15,21H,3-10H2,(H,25,26)(H,22,24,27)/t35-,36?;21-;/m11./s1. The van der Waals surface area contributed by atoms with Crippen LogP contribution in [-0.2, 0) is 47.7 Å². The maximum absolute atomic E-state index is 14.1. The summed E-state index contributed by atoms with van der Waals surface area (Å²) in [6.07, 6.45) is 8.10. The lowest BCUT2D eigenvalue weighted by atomic mass is 10.0. The number of aromatic nitrogens is 8. The Kier molecular flexibility index (Phi) is 27.5. The number of fused-ring (bicyclic) bond motifs is 4. The minimum Gasteiger partial charge on any atom is -0.481 e. The summed E-state index contributed by atoms with van der Waals surface area (Å²) in [6, 6.07) is 41.3. The van der Waals surface area contributed by atoms with Gasteiger partial charge in [0.15, 0.2) is 11.3 Å². The van der Waals surface area contributed by atoms with E-state index >= 15 is 0 Å². The van der Waals surface area contributed by atoms with Crippen molar-refractivity contribution in [2.75, 3.05) is 162 Å². The van der Waals surface area contributed by atoms with Crippen LogP contribution in [0.3, 0.4) is 0 Å². The first-order valence-electron chi connectivity index (χ1n) is 42.7. The highest BCUT2D eigenvalue weighted by Crippen LogP contribution is 2.39. The van der Waals surface area contributed by atoms with Gasteiger partial charge < -0.3 is 64.5 Å². The van der Waals surface area contributed by atoms with Gasteiger partial charge in [-0.05, 0) is 159 Å². The average molecular weight is 1740 g/mol. The number of benzene rings is 4. The monoisotopic (exact) mass is 1730 g/mol. The van der Waals surface area contributed by atoms with Crippen LogP contribution in [0.2, 0.25) is 0 Å². The van der Waals surface area contributed by atoms with Gasteiger partial charge in [0.2, 0.25) is 29.5 Å². The first-order valence-corrected chi connectivity index (χ1v) is 42.7. The molecule has 0 saturated carbocycles. The second kappa shape index (κ2) is 40.1. The highest BCUT2D eigenvalue weighted by Gasteiger charge is 2.47. The van der Waals surface area contributed by atoms with Gasteiger partial charge in [-0.1, -0.05) is 36.4 Å². The lowest BCUT2D eigenvalue weighted by Gasteiger charge is -2.35. The molecule has 0 bridgehead atoms. The van der Waals surface area contributed by atoms with Gasteiger partial charge in [0.05, 0.1) is 124 Å². The zero-order chi connectivity index (χ0) is 88.0. The van der Waals surface area contributed by atoms with Crippen LogP contribution in [0.5, 0.6) is 0 Å². The number of anilines is 6. The van der Waals surface area contributed by atoms with Gasteiger partial charge in [-0.25, -0.2) is 37.7 Å². The maximum Gasteiger partial charge on any atom is 0.305 e. The minimum absolute atomic E-state index is 0.0292. The molecule has 4 atom stereocenters. The Morgan fingerprint density at radius 2 is 0.882 bits per heavy atom. The summed E-state index contributed by atoms with van der Waals surface area (Å²) in [7, 11) is 0. The second-order valence-corrected chi connectivity index (χ2v) is 31.5. The van der Waals surface area contributed by atoms with Gasteiger partial charge in [-0.15, -0.1) is 10.2 Å². The predicted molar refractivity (Wildman–Crippen MR) is 461 cm³/mol. The molecule has 10 aromatic rings.